The molecule has 0 saturated carbocycles. The van der Waals surface area contributed by atoms with Gasteiger partial charge in [0.05, 0.1) is 11.4 Å². The van der Waals surface area contributed by atoms with Crippen LogP contribution in [-0.4, -0.2) is 11.6 Å². The number of nitrogens with zero attached hydrogens (tertiary/aromatic N) is 2. The van der Waals surface area contributed by atoms with Crippen LogP contribution in [0, 0.1) is 19.8 Å². The third-order valence-corrected chi connectivity index (χ3v) is 5.81. The highest BCUT2D eigenvalue weighted by Gasteiger charge is 2.34. The van der Waals surface area contributed by atoms with Crippen molar-refractivity contribution in [3.05, 3.63) is 51.2 Å². The van der Waals surface area contributed by atoms with Crippen LogP contribution in [0.1, 0.15) is 40.1 Å². The number of hydrogen-bond donors (Lipinski definition) is 0. The molecule has 0 bridgehead atoms. The van der Waals surface area contributed by atoms with Crippen molar-refractivity contribution in [2.24, 2.45) is 11.0 Å². The van der Waals surface area contributed by atoms with Crippen molar-refractivity contribution < 1.29 is 4.79 Å². The normalized spacial score (nSPS) is 20.6. The standard InChI is InChI=1S/C19H20N2OS/c1-12-6-8-15(9-7-12)21-18(22)11-14-4-3-5-17-16(19(14)20-21)10-13(2)23-17/h6-10,14H,3-5,11H2,1-2H3. The van der Waals surface area contributed by atoms with Crippen LogP contribution in [0.4, 0.5) is 5.69 Å². The van der Waals surface area contributed by atoms with E-state index in [1.807, 2.05) is 35.6 Å². The maximum Gasteiger partial charge on any atom is 0.248 e. The highest BCUT2D eigenvalue weighted by molar-refractivity contribution is 7.12. The second-order valence-electron chi connectivity index (χ2n) is 6.51. The van der Waals surface area contributed by atoms with E-state index >= 15 is 0 Å². The summed E-state index contributed by atoms with van der Waals surface area (Å²) in [5.41, 5.74) is 4.44. The lowest BCUT2D eigenvalue weighted by Crippen LogP contribution is -2.37. The first-order valence-electron chi connectivity index (χ1n) is 8.19. The minimum Gasteiger partial charge on any atom is -0.273 e. The van der Waals surface area contributed by atoms with Crippen molar-refractivity contribution in [3.63, 3.8) is 0 Å². The zero-order valence-electron chi connectivity index (χ0n) is 13.5. The van der Waals surface area contributed by atoms with Gasteiger partial charge < -0.3 is 0 Å². The molecule has 0 radical (unpaired) electrons. The molecular weight excluding hydrogens is 304 g/mol. The molecule has 4 heteroatoms. The van der Waals surface area contributed by atoms with Crippen LogP contribution in [0.3, 0.4) is 0 Å². The highest BCUT2D eigenvalue weighted by atomic mass is 32.1. The lowest BCUT2D eigenvalue weighted by molar-refractivity contribution is -0.119. The van der Waals surface area contributed by atoms with Gasteiger partial charge in [-0.3, -0.25) is 4.79 Å². The van der Waals surface area contributed by atoms with Gasteiger partial charge >= 0.3 is 0 Å². The van der Waals surface area contributed by atoms with E-state index in [2.05, 4.69) is 19.9 Å². The number of benzene rings is 1. The summed E-state index contributed by atoms with van der Waals surface area (Å²) in [7, 11) is 0. The molecule has 118 valence electrons. The lowest BCUT2D eigenvalue weighted by atomic mass is 9.91. The molecule has 1 aliphatic carbocycles. The van der Waals surface area contributed by atoms with Gasteiger partial charge in [-0.25, -0.2) is 5.01 Å². The van der Waals surface area contributed by atoms with Crippen LogP contribution < -0.4 is 5.01 Å². The van der Waals surface area contributed by atoms with E-state index in [0.29, 0.717) is 6.42 Å². The fourth-order valence-electron chi connectivity index (χ4n) is 3.51. The molecule has 1 aliphatic heterocycles. The predicted octanol–water partition coefficient (Wildman–Crippen LogP) is 4.46. The molecular formula is C19H20N2OS. The Balaban J connectivity index is 1.80. The summed E-state index contributed by atoms with van der Waals surface area (Å²) in [5.74, 6) is 0.387. The number of fused-ring (bicyclic) bond motifs is 3. The van der Waals surface area contributed by atoms with Crippen molar-refractivity contribution in [1.29, 1.82) is 0 Å². The molecule has 23 heavy (non-hydrogen) atoms. The average molecular weight is 324 g/mol. The summed E-state index contributed by atoms with van der Waals surface area (Å²) in [4.78, 5) is 15.3. The van der Waals surface area contributed by atoms with E-state index in [9.17, 15) is 4.79 Å². The highest BCUT2D eigenvalue weighted by Crippen LogP contribution is 2.36. The molecule has 1 unspecified atom stereocenters. The summed E-state index contributed by atoms with van der Waals surface area (Å²) in [6, 6.07) is 10.3. The van der Waals surface area contributed by atoms with Crippen molar-refractivity contribution in [1.82, 2.24) is 0 Å². The fourth-order valence-corrected chi connectivity index (χ4v) is 4.60. The van der Waals surface area contributed by atoms with Crippen LogP contribution in [0.5, 0.6) is 0 Å². The van der Waals surface area contributed by atoms with Crippen molar-refractivity contribution in [3.8, 4) is 0 Å². The van der Waals surface area contributed by atoms with Gasteiger partial charge in [-0.2, -0.15) is 5.10 Å². The largest absolute Gasteiger partial charge is 0.273 e. The van der Waals surface area contributed by atoms with Crippen LogP contribution in [-0.2, 0) is 11.2 Å². The molecule has 1 aromatic carbocycles. The van der Waals surface area contributed by atoms with Gasteiger partial charge in [-0.15, -0.1) is 11.3 Å². The van der Waals surface area contributed by atoms with Gasteiger partial charge in [-0.05, 0) is 51.3 Å². The molecule has 2 aliphatic rings. The van der Waals surface area contributed by atoms with E-state index in [0.717, 1.165) is 30.7 Å². The monoisotopic (exact) mass is 324 g/mol. The topological polar surface area (TPSA) is 32.7 Å². The third-order valence-electron chi connectivity index (χ3n) is 4.69. The number of anilines is 1. The number of aryl methyl sites for hydroxylation is 3. The second-order valence-corrected chi connectivity index (χ2v) is 7.85. The fraction of sp³-hybridized carbons (Fsp3) is 0.368. The molecule has 1 aromatic heterocycles. The molecule has 2 heterocycles. The molecule has 2 aromatic rings. The summed E-state index contributed by atoms with van der Waals surface area (Å²) < 4.78 is 0. The first-order valence-corrected chi connectivity index (χ1v) is 9.01. The first kappa shape index (κ1) is 14.6. The number of hydrogen-bond acceptors (Lipinski definition) is 3. The Bertz CT molecular complexity index is 788. The SMILES string of the molecule is Cc1ccc(N2N=C3c4cc(C)sc4CCCC3CC2=O)cc1. The van der Waals surface area contributed by atoms with Crippen LogP contribution in [0.2, 0.25) is 0 Å². The number of thiophene rings is 1. The molecule has 0 spiro atoms. The van der Waals surface area contributed by atoms with E-state index < -0.39 is 0 Å². The van der Waals surface area contributed by atoms with Gasteiger partial charge in [0.15, 0.2) is 0 Å². The molecule has 3 nitrogen and oxygen atoms in total. The molecule has 0 saturated heterocycles. The van der Waals surface area contributed by atoms with Gasteiger partial charge in [0.25, 0.3) is 0 Å². The maximum atomic E-state index is 12.6. The maximum absolute atomic E-state index is 12.6. The van der Waals surface area contributed by atoms with E-state index in [-0.39, 0.29) is 11.8 Å². The average Bonchev–Trinajstić information content (AvgIpc) is 2.81. The third kappa shape index (κ3) is 2.61. The Labute approximate surface area is 140 Å². The van der Waals surface area contributed by atoms with Crippen LogP contribution >= 0.6 is 11.3 Å². The number of rotatable bonds is 1. The van der Waals surface area contributed by atoms with Crippen LogP contribution in [0.15, 0.2) is 35.4 Å². The van der Waals surface area contributed by atoms with Gasteiger partial charge in [0.1, 0.15) is 0 Å². The summed E-state index contributed by atoms with van der Waals surface area (Å²) in [5, 5.41) is 6.41. The Morgan fingerprint density at radius 1 is 1.22 bits per heavy atom. The van der Waals surface area contributed by atoms with Gasteiger partial charge in [-0.1, -0.05) is 17.7 Å². The Morgan fingerprint density at radius 2 is 2.00 bits per heavy atom. The first-order chi connectivity index (χ1) is 11.1. The Morgan fingerprint density at radius 3 is 2.78 bits per heavy atom. The van der Waals surface area contributed by atoms with Crippen molar-refractivity contribution in [2.45, 2.75) is 39.5 Å². The predicted molar refractivity (Wildman–Crippen MR) is 95.3 cm³/mol. The number of carbonyl (C=O) groups excluding carboxylic acids is 1. The number of carbonyl (C=O) groups is 1. The quantitative estimate of drug-likeness (QED) is 0.762. The zero-order valence-corrected chi connectivity index (χ0v) is 14.3. The van der Waals surface area contributed by atoms with Crippen molar-refractivity contribution in [2.75, 3.05) is 5.01 Å². The molecule has 4 rings (SSSR count). The second kappa shape index (κ2) is 5.60. The Hall–Kier alpha value is -1.94. The van der Waals surface area contributed by atoms with Crippen LogP contribution in [0.25, 0.3) is 0 Å². The van der Waals surface area contributed by atoms with E-state index in [1.165, 1.54) is 20.9 Å². The van der Waals surface area contributed by atoms with Gasteiger partial charge in [0, 0.05) is 27.7 Å². The Kier molecular flexibility index (Phi) is 3.57. The van der Waals surface area contributed by atoms with E-state index in [1.54, 1.807) is 5.01 Å². The minimum absolute atomic E-state index is 0.109. The smallest absolute Gasteiger partial charge is 0.248 e. The molecule has 0 N–H and O–H groups in total. The van der Waals surface area contributed by atoms with Gasteiger partial charge in [0.2, 0.25) is 5.91 Å². The molecule has 1 amide bonds. The van der Waals surface area contributed by atoms with E-state index in [4.69, 9.17) is 5.10 Å². The number of amides is 1. The zero-order chi connectivity index (χ0) is 16.0. The molecule has 0 fully saturated rings. The summed E-state index contributed by atoms with van der Waals surface area (Å²) in [6.45, 7) is 4.20. The summed E-state index contributed by atoms with van der Waals surface area (Å²) >= 11 is 1.87. The lowest BCUT2D eigenvalue weighted by Gasteiger charge is -2.28. The molecule has 1 atom stereocenters. The summed E-state index contributed by atoms with van der Waals surface area (Å²) in [6.07, 6.45) is 3.89. The minimum atomic E-state index is 0.109. The van der Waals surface area contributed by atoms with Crippen molar-refractivity contribution >= 4 is 28.6 Å². The number of hydrazone groups is 1.